The number of methoxy groups -OCH3 is 1. The number of carboxylic acid groups (broad SMARTS) is 1. The molecule has 2 N–H and O–H groups in total. The minimum absolute atomic E-state index is 0.153. The third-order valence-electron chi connectivity index (χ3n) is 4.32. The molecule has 25 heavy (non-hydrogen) atoms. The molecule has 0 aromatic heterocycles. The molecule has 1 aliphatic heterocycles. The van der Waals surface area contributed by atoms with Gasteiger partial charge in [-0.3, -0.25) is 4.79 Å². The van der Waals surface area contributed by atoms with Gasteiger partial charge in [-0.25, -0.2) is 4.79 Å². The molecule has 0 saturated carbocycles. The van der Waals surface area contributed by atoms with E-state index in [0.717, 1.165) is 30.4 Å². The summed E-state index contributed by atoms with van der Waals surface area (Å²) in [5.74, 6) is 0.520. The molecule has 7 heteroatoms. The highest BCUT2D eigenvalue weighted by molar-refractivity contribution is 5.95. The molecule has 138 valence electrons. The molecule has 0 radical (unpaired) electrons. The van der Waals surface area contributed by atoms with Crippen molar-refractivity contribution in [3.05, 3.63) is 28.8 Å². The molecule has 0 aliphatic carbocycles. The predicted octanol–water partition coefficient (Wildman–Crippen LogP) is 2.55. The minimum Gasteiger partial charge on any atom is -0.467 e. The van der Waals surface area contributed by atoms with Crippen LogP contribution in [0.4, 0.5) is 4.79 Å². The highest BCUT2D eigenvalue weighted by Gasteiger charge is 2.23. The van der Waals surface area contributed by atoms with Gasteiger partial charge in [0.25, 0.3) is 5.91 Å². The fourth-order valence-electron chi connectivity index (χ4n) is 3.13. The van der Waals surface area contributed by atoms with Crippen LogP contribution in [0.5, 0.6) is 5.75 Å². The van der Waals surface area contributed by atoms with Gasteiger partial charge in [0, 0.05) is 31.8 Å². The number of hydrogen-bond acceptors (Lipinski definition) is 4. The Morgan fingerprint density at radius 2 is 1.96 bits per heavy atom. The average molecular weight is 350 g/mol. The minimum atomic E-state index is -0.938. The third-order valence-corrected chi connectivity index (χ3v) is 4.32. The summed E-state index contributed by atoms with van der Waals surface area (Å²) >= 11 is 0. The van der Waals surface area contributed by atoms with Gasteiger partial charge in [0.05, 0.1) is 0 Å². The van der Waals surface area contributed by atoms with E-state index in [2.05, 4.69) is 5.32 Å². The number of amides is 2. The van der Waals surface area contributed by atoms with Crippen LogP contribution in [0, 0.1) is 13.8 Å². The molecule has 1 fully saturated rings. The molecular weight excluding hydrogens is 324 g/mol. The lowest BCUT2D eigenvalue weighted by Crippen LogP contribution is -2.44. The Bertz CT molecular complexity index is 609. The van der Waals surface area contributed by atoms with E-state index in [9.17, 15) is 14.7 Å². The van der Waals surface area contributed by atoms with Crippen molar-refractivity contribution in [2.45, 2.75) is 39.2 Å². The number of nitrogens with zero attached hydrogens (tertiary/aromatic N) is 1. The number of ether oxygens (including phenoxy) is 2. The standard InChI is InChI=1S/C18H26N2O5/c1-12-8-14(9-13(2)16(12)25-11-24-3)17(21)19-15-6-4-5-7-20(10-15)18(22)23/h8-9,15H,4-7,10-11H2,1-3H3,(H,19,21)(H,22,23). The van der Waals surface area contributed by atoms with E-state index in [4.69, 9.17) is 9.47 Å². The molecule has 1 aromatic carbocycles. The molecule has 1 heterocycles. The van der Waals surface area contributed by atoms with Crippen LogP contribution in [0.15, 0.2) is 12.1 Å². The quantitative estimate of drug-likeness (QED) is 0.797. The molecule has 1 aromatic rings. The summed E-state index contributed by atoms with van der Waals surface area (Å²) in [5, 5.41) is 12.2. The zero-order valence-corrected chi connectivity index (χ0v) is 15.0. The molecule has 1 saturated heterocycles. The lowest BCUT2D eigenvalue weighted by Gasteiger charge is -2.23. The summed E-state index contributed by atoms with van der Waals surface area (Å²) in [4.78, 5) is 25.2. The fraction of sp³-hybridized carbons (Fsp3) is 0.556. The third kappa shape index (κ3) is 5.09. The van der Waals surface area contributed by atoms with Crippen LogP contribution >= 0.6 is 0 Å². The molecule has 0 spiro atoms. The van der Waals surface area contributed by atoms with E-state index >= 15 is 0 Å². The predicted molar refractivity (Wildman–Crippen MR) is 93.1 cm³/mol. The van der Waals surface area contributed by atoms with Crippen molar-refractivity contribution < 1.29 is 24.2 Å². The van der Waals surface area contributed by atoms with Crippen LogP contribution in [0.25, 0.3) is 0 Å². The second-order valence-corrected chi connectivity index (χ2v) is 6.38. The van der Waals surface area contributed by atoms with Crippen molar-refractivity contribution >= 4 is 12.0 Å². The van der Waals surface area contributed by atoms with Gasteiger partial charge < -0.3 is 24.8 Å². The molecular formula is C18H26N2O5. The number of carbonyl (C=O) groups excluding carboxylic acids is 1. The van der Waals surface area contributed by atoms with Crippen LogP contribution in [-0.4, -0.2) is 55.0 Å². The maximum Gasteiger partial charge on any atom is 0.407 e. The van der Waals surface area contributed by atoms with Crippen LogP contribution in [0.3, 0.4) is 0 Å². The van der Waals surface area contributed by atoms with Crippen molar-refractivity contribution in [3.63, 3.8) is 0 Å². The Balaban J connectivity index is 2.08. The number of hydrogen-bond donors (Lipinski definition) is 2. The van der Waals surface area contributed by atoms with Crippen molar-refractivity contribution in [1.29, 1.82) is 0 Å². The molecule has 1 unspecified atom stereocenters. The van der Waals surface area contributed by atoms with E-state index in [0.29, 0.717) is 24.4 Å². The Morgan fingerprint density at radius 3 is 2.56 bits per heavy atom. The van der Waals surface area contributed by atoms with Gasteiger partial charge in [-0.1, -0.05) is 0 Å². The van der Waals surface area contributed by atoms with Crippen molar-refractivity contribution in [2.75, 3.05) is 27.0 Å². The largest absolute Gasteiger partial charge is 0.467 e. The van der Waals surface area contributed by atoms with Gasteiger partial charge in [0.15, 0.2) is 6.79 Å². The van der Waals surface area contributed by atoms with Gasteiger partial charge in [-0.15, -0.1) is 0 Å². The summed E-state index contributed by atoms with van der Waals surface area (Å²) in [6.45, 7) is 4.76. The Labute approximate surface area is 147 Å². The number of carbonyl (C=O) groups is 2. The lowest BCUT2D eigenvalue weighted by molar-refractivity contribution is 0.0501. The Kier molecular flexibility index (Phi) is 6.64. The molecule has 2 amide bonds. The second kappa shape index (κ2) is 8.71. The van der Waals surface area contributed by atoms with E-state index in [1.54, 1.807) is 19.2 Å². The highest BCUT2D eigenvalue weighted by Crippen LogP contribution is 2.25. The molecule has 0 bridgehead atoms. The van der Waals surface area contributed by atoms with Gasteiger partial charge >= 0.3 is 6.09 Å². The number of likely N-dealkylation sites (tertiary alicyclic amines) is 1. The summed E-state index contributed by atoms with van der Waals surface area (Å²) in [5.41, 5.74) is 2.26. The Hall–Kier alpha value is -2.28. The highest BCUT2D eigenvalue weighted by atomic mass is 16.7. The fourth-order valence-corrected chi connectivity index (χ4v) is 3.13. The van der Waals surface area contributed by atoms with Gasteiger partial charge in [0.1, 0.15) is 5.75 Å². The van der Waals surface area contributed by atoms with Crippen LogP contribution in [-0.2, 0) is 4.74 Å². The first-order chi connectivity index (χ1) is 11.9. The van der Waals surface area contributed by atoms with Gasteiger partial charge in [-0.05, 0) is 56.4 Å². The van der Waals surface area contributed by atoms with E-state index in [1.165, 1.54) is 4.90 Å². The summed E-state index contributed by atoms with van der Waals surface area (Å²) in [6, 6.07) is 3.38. The van der Waals surface area contributed by atoms with Crippen LogP contribution in [0.2, 0.25) is 0 Å². The van der Waals surface area contributed by atoms with Gasteiger partial charge in [0.2, 0.25) is 0 Å². The van der Waals surface area contributed by atoms with E-state index < -0.39 is 6.09 Å². The molecule has 2 rings (SSSR count). The maximum absolute atomic E-state index is 12.6. The zero-order chi connectivity index (χ0) is 18.4. The topological polar surface area (TPSA) is 88.1 Å². The smallest absolute Gasteiger partial charge is 0.407 e. The van der Waals surface area contributed by atoms with E-state index in [-0.39, 0.29) is 18.7 Å². The maximum atomic E-state index is 12.6. The number of rotatable bonds is 5. The normalized spacial score (nSPS) is 17.7. The number of nitrogens with one attached hydrogen (secondary N) is 1. The molecule has 1 atom stereocenters. The molecule has 7 nitrogen and oxygen atoms in total. The zero-order valence-electron chi connectivity index (χ0n) is 15.0. The van der Waals surface area contributed by atoms with Crippen LogP contribution in [0.1, 0.15) is 40.7 Å². The summed E-state index contributed by atoms with van der Waals surface area (Å²) in [7, 11) is 1.56. The first-order valence-electron chi connectivity index (χ1n) is 8.44. The first kappa shape index (κ1) is 19.1. The number of benzene rings is 1. The van der Waals surface area contributed by atoms with E-state index in [1.807, 2.05) is 13.8 Å². The Morgan fingerprint density at radius 1 is 1.28 bits per heavy atom. The summed E-state index contributed by atoms with van der Waals surface area (Å²) in [6.07, 6.45) is 1.56. The first-order valence-corrected chi connectivity index (χ1v) is 8.44. The van der Waals surface area contributed by atoms with Gasteiger partial charge in [-0.2, -0.15) is 0 Å². The SMILES string of the molecule is COCOc1c(C)cc(C(=O)NC2CCCCN(C(=O)O)C2)cc1C. The lowest BCUT2D eigenvalue weighted by atomic mass is 10.0. The monoisotopic (exact) mass is 350 g/mol. The molecule has 1 aliphatic rings. The van der Waals surface area contributed by atoms with Crippen molar-refractivity contribution in [3.8, 4) is 5.75 Å². The van der Waals surface area contributed by atoms with Crippen LogP contribution < -0.4 is 10.1 Å². The number of aryl methyl sites for hydroxylation is 2. The summed E-state index contributed by atoms with van der Waals surface area (Å²) < 4.78 is 10.5. The van der Waals surface area contributed by atoms with Crippen molar-refractivity contribution in [2.24, 2.45) is 0 Å². The van der Waals surface area contributed by atoms with Crippen molar-refractivity contribution in [1.82, 2.24) is 10.2 Å². The second-order valence-electron chi connectivity index (χ2n) is 6.38. The average Bonchev–Trinajstić information content (AvgIpc) is 2.79.